The normalized spacial score (nSPS) is 12.9. The molecule has 0 saturated heterocycles. The van der Waals surface area contributed by atoms with Crippen molar-refractivity contribution in [2.24, 2.45) is 11.7 Å². The molecule has 1 heteroatoms. The molecule has 0 unspecified atom stereocenters. The van der Waals surface area contributed by atoms with Crippen LogP contribution >= 0.6 is 0 Å². The first-order valence-electron chi connectivity index (χ1n) is 4.63. The molecule has 0 spiro atoms. The van der Waals surface area contributed by atoms with Gasteiger partial charge < -0.3 is 5.73 Å². The fourth-order valence-corrected chi connectivity index (χ4v) is 1.24. The van der Waals surface area contributed by atoms with E-state index >= 15 is 0 Å². The van der Waals surface area contributed by atoms with E-state index in [1.807, 2.05) is 18.2 Å². The second-order valence-electron chi connectivity index (χ2n) is 3.64. The van der Waals surface area contributed by atoms with Crippen molar-refractivity contribution in [3.63, 3.8) is 0 Å². The van der Waals surface area contributed by atoms with Crippen molar-refractivity contribution in [2.75, 3.05) is 0 Å². The highest BCUT2D eigenvalue weighted by molar-refractivity contribution is 5.47. The third-order valence-corrected chi connectivity index (χ3v) is 2.28. The standard InChI is InChI=1S/C12H17N/c1-4-10-5-7-11(8-6-10)12(13)9(2)3/h4-9,12H,1,13H2,2-3H3/t12-/m1/s1. The molecule has 1 aromatic carbocycles. The summed E-state index contributed by atoms with van der Waals surface area (Å²) in [5.74, 6) is 0.481. The van der Waals surface area contributed by atoms with Crippen molar-refractivity contribution in [1.29, 1.82) is 0 Å². The van der Waals surface area contributed by atoms with Gasteiger partial charge in [-0.15, -0.1) is 0 Å². The molecule has 13 heavy (non-hydrogen) atoms. The smallest absolute Gasteiger partial charge is 0.0318 e. The lowest BCUT2D eigenvalue weighted by atomic mass is 9.96. The van der Waals surface area contributed by atoms with E-state index in [1.54, 1.807) is 0 Å². The Morgan fingerprint density at radius 3 is 2.15 bits per heavy atom. The zero-order chi connectivity index (χ0) is 9.84. The van der Waals surface area contributed by atoms with Gasteiger partial charge >= 0.3 is 0 Å². The molecule has 0 fully saturated rings. The van der Waals surface area contributed by atoms with E-state index in [-0.39, 0.29) is 6.04 Å². The van der Waals surface area contributed by atoms with E-state index in [0.29, 0.717) is 5.92 Å². The summed E-state index contributed by atoms with van der Waals surface area (Å²) in [6, 6.07) is 8.37. The minimum Gasteiger partial charge on any atom is -0.324 e. The molecule has 0 aliphatic rings. The molecule has 0 aliphatic heterocycles. The maximum atomic E-state index is 6.00. The van der Waals surface area contributed by atoms with Crippen LogP contribution in [0.3, 0.4) is 0 Å². The lowest BCUT2D eigenvalue weighted by Gasteiger charge is -2.15. The van der Waals surface area contributed by atoms with Gasteiger partial charge in [-0.05, 0) is 17.0 Å². The monoisotopic (exact) mass is 175 g/mol. The van der Waals surface area contributed by atoms with Gasteiger partial charge in [0, 0.05) is 6.04 Å². The number of rotatable bonds is 3. The molecule has 0 saturated carbocycles. The lowest BCUT2D eigenvalue weighted by molar-refractivity contribution is 0.514. The Morgan fingerprint density at radius 2 is 1.77 bits per heavy atom. The summed E-state index contributed by atoms with van der Waals surface area (Å²) in [6.45, 7) is 7.97. The molecular formula is C12H17N. The van der Waals surface area contributed by atoms with Crippen LogP contribution in [0.15, 0.2) is 30.8 Å². The van der Waals surface area contributed by atoms with Crippen molar-refractivity contribution < 1.29 is 0 Å². The van der Waals surface area contributed by atoms with Crippen molar-refractivity contribution in [1.82, 2.24) is 0 Å². The van der Waals surface area contributed by atoms with E-state index in [1.165, 1.54) is 5.56 Å². The second-order valence-corrected chi connectivity index (χ2v) is 3.64. The Balaban J connectivity index is 2.85. The van der Waals surface area contributed by atoms with Crippen molar-refractivity contribution in [2.45, 2.75) is 19.9 Å². The molecule has 2 N–H and O–H groups in total. The molecule has 0 heterocycles. The SMILES string of the molecule is C=Cc1ccc([C@H](N)C(C)C)cc1. The van der Waals surface area contributed by atoms with Crippen molar-refractivity contribution in [3.8, 4) is 0 Å². The molecule has 1 nitrogen and oxygen atoms in total. The third kappa shape index (κ3) is 2.43. The maximum Gasteiger partial charge on any atom is 0.0318 e. The van der Waals surface area contributed by atoms with Gasteiger partial charge in [0.1, 0.15) is 0 Å². The van der Waals surface area contributed by atoms with Gasteiger partial charge in [0.15, 0.2) is 0 Å². The lowest BCUT2D eigenvalue weighted by Crippen LogP contribution is -2.16. The molecule has 70 valence electrons. The average Bonchev–Trinajstić information content (AvgIpc) is 2.17. The van der Waals surface area contributed by atoms with E-state index in [4.69, 9.17) is 5.73 Å². The largest absolute Gasteiger partial charge is 0.324 e. The van der Waals surface area contributed by atoms with Gasteiger partial charge in [-0.25, -0.2) is 0 Å². The van der Waals surface area contributed by atoms with Crippen LogP contribution in [0.1, 0.15) is 31.0 Å². The summed E-state index contributed by atoms with van der Waals surface area (Å²) < 4.78 is 0. The fourth-order valence-electron chi connectivity index (χ4n) is 1.24. The molecule has 0 aromatic heterocycles. The van der Waals surface area contributed by atoms with E-state index in [2.05, 4.69) is 32.6 Å². The Labute approximate surface area is 80.3 Å². The summed E-state index contributed by atoms with van der Waals surface area (Å²) in [4.78, 5) is 0. The van der Waals surface area contributed by atoms with Gasteiger partial charge in [0.25, 0.3) is 0 Å². The highest BCUT2D eigenvalue weighted by Crippen LogP contribution is 2.19. The van der Waals surface area contributed by atoms with Crippen LogP contribution < -0.4 is 5.73 Å². The fraction of sp³-hybridized carbons (Fsp3) is 0.333. The Bertz CT molecular complexity index is 272. The first-order chi connectivity index (χ1) is 6.15. The summed E-state index contributed by atoms with van der Waals surface area (Å²) in [5.41, 5.74) is 8.34. The first-order valence-corrected chi connectivity index (χ1v) is 4.63. The van der Waals surface area contributed by atoms with Crippen LogP contribution in [0.5, 0.6) is 0 Å². The molecule has 0 amide bonds. The summed E-state index contributed by atoms with van der Waals surface area (Å²) in [7, 11) is 0. The summed E-state index contributed by atoms with van der Waals surface area (Å²) in [6.07, 6.45) is 1.84. The van der Waals surface area contributed by atoms with Crippen LogP contribution in [-0.2, 0) is 0 Å². The van der Waals surface area contributed by atoms with Gasteiger partial charge in [-0.3, -0.25) is 0 Å². The number of benzene rings is 1. The van der Waals surface area contributed by atoms with Crippen LogP contribution in [0, 0.1) is 5.92 Å². The zero-order valence-electron chi connectivity index (χ0n) is 8.33. The molecule has 0 aliphatic carbocycles. The molecule has 0 radical (unpaired) electrons. The topological polar surface area (TPSA) is 26.0 Å². The molecular weight excluding hydrogens is 158 g/mol. The van der Waals surface area contributed by atoms with Crippen molar-refractivity contribution in [3.05, 3.63) is 42.0 Å². The number of hydrogen-bond acceptors (Lipinski definition) is 1. The van der Waals surface area contributed by atoms with E-state index in [0.717, 1.165) is 5.56 Å². The summed E-state index contributed by atoms with van der Waals surface area (Å²) >= 11 is 0. The van der Waals surface area contributed by atoms with Gasteiger partial charge in [0.05, 0.1) is 0 Å². The quantitative estimate of drug-likeness (QED) is 0.751. The highest BCUT2D eigenvalue weighted by atomic mass is 14.6. The van der Waals surface area contributed by atoms with Crippen LogP contribution in [0.4, 0.5) is 0 Å². The van der Waals surface area contributed by atoms with Gasteiger partial charge in [0.2, 0.25) is 0 Å². The van der Waals surface area contributed by atoms with Gasteiger partial charge in [-0.1, -0.05) is 50.8 Å². The van der Waals surface area contributed by atoms with E-state index in [9.17, 15) is 0 Å². The number of hydrogen-bond donors (Lipinski definition) is 1. The molecule has 1 aromatic rings. The maximum absolute atomic E-state index is 6.00. The highest BCUT2D eigenvalue weighted by Gasteiger charge is 2.08. The Hall–Kier alpha value is -1.08. The molecule has 0 bridgehead atoms. The van der Waals surface area contributed by atoms with Crippen LogP contribution in [0.2, 0.25) is 0 Å². The average molecular weight is 175 g/mol. The number of nitrogens with two attached hydrogens (primary N) is 1. The zero-order valence-corrected chi connectivity index (χ0v) is 8.33. The first kappa shape index (κ1) is 10.0. The Morgan fingerprint density at radius 1 is 1.23 bits per heavy atom. The molecule has 1 rings (SSSR count). The predicted molar refractivity (Wildman–Crippen MR) is 58.3 cm³/mol. The van der Waals surface area contributed by atoms with Crippen LogP contribution in [0.25, 0.3) is 6.08 Å². The van der Waals surface area contributed by atoms with Crippen LogP contribution in [-0.4, -0.2) is 0 Å². The predicted octanol–water partition coefficient (Wildman–Crippen LogP) is 2.99. The second kappa shape index (κ2) is 4.24. The summed E-state index contributed by atoms with van der Waals surface area (Å²) in [5, 5.41) is 0. The third-order valence-electron chi connectivity index (χ3n) is 2.28. The minimum absolute atomic E-state index is 0.138. The van der Waals surface area contributed by atoms with Crippen molar-refractivity contribution >= 4 is 6.08 Å². The van der Waals surface area contributed by atoms with Gasteiger partial charge in [-0.2, -0.15) is 0 Å². The Kier molecular flexibility index (Phi) is 3.26. The molecule has 1 atom stereocenters. The minimum atomic E-state index is 0.138. The van der Waals surface area contributed by atoms with E-state index < -0.39 is 0 Å².